The van der Waals surface area contributed by atoms with Crippen molar-refractivity contribution >= 4 is 28.6 Å². The standard InChI is InChI=1S/C51H71N3O6/c1-9-12-13-14-15-16-17-18-19-20-21-22-26-37-29-31-44(58-8)42(35-37)54-48(56)45(60-49(54)57)46-52-41-28-24-23-27-39(41)47(55)53(46)33-25-34-59-43-32-30-38(50(4,5)10-2)36-40(43)51(6,7)11-3/h23-24,27-32,35-36,45H,9-22,25-26,33-34H2,1-8H3. The van der Waals surface area contributed by atoms with Crippen LogP contribution in [0.1, 0.15) is 173 Å². The summed E-state index contributed by atoms with van der Waals surface area (Å²) in [7, 11) is 1.52. The zero-order valence-corrected chi connectivity index (χ0v) is 37.9. The zero-order valence-electron chi connectivity index (χ0n) is 37.9. The molecule has 2 heterocycles. The van der Waals surface area contributed by atoms with Gasteiger partial charge in [0.2, 0.25) is 6.10 Å². The molecule has 1 fully saturated rings. The topological polar surface area (TPSA) is 100.0 Å². The van der Waals surface area contributed by atoms with E-state index >= 15 is 0 Å². The maximum absolute atomic E-state index is 14.3. The fourth-order valence-electron chi connectivity index (χ4n) is 8.03. The summed E-state index contributed by atoms with van der Waals surface area (Å²) in [5.41, 5.74) is 3.83. The molecular weight excluding hydrogens is 751 g/mol. The van der Waals surface area contributed by atoms with Crippen molar-refractivity contribution in [1.29, 1.82) is 0 Å². The first-order chi connectivity index (χ1) is 28.9. The summed E-state index contributed by atoms with van der Waals surface area (Å²) in [6, 6.07) is 19.2. The molecule has 4 aromatic rings. The van der Waals surface area contributed by atoms with Crippen molar-refractivity contribution in [2.45, 2.75) is 175 Å². The minimum absolute atomic E-state index is 0.0361. The van der Waals surface area contributed by atoms with Crippen LogP contribution in [0.4, 0.5) is 10.5 Å². The molecule has 5 rings (SSSR count). The van der Waals surface area contributed by atoms with Crippen LogP contribution in [0.5, 0.6) is 11.5 Å². The number of fused-ring (bicyclic) bond motifs is 1. The van der Waals surface area contributed by atoms with Gasteiger partial charge in [-0.1, -0.05) is 149 Å². The van der Waals surface area contributed by atoms with Gasteiger partial charge in [-0.25, -0.2) is 14.7 Å². The number of aryl methyl sites for hydroxylation is 1. The van der Waals surface area contributed by atoms with E-state index < -0.39 is 18.1 Å². The summed E-state index contributed by atoms with van der Waals surface area (Å²) in [5.74, 6) is 0.684. The number of unbranched alkanes of at least 4 members (excludes halogenated alkanes) is 11. The van der Waals surface area contributed by atoms with Gasteiger partial charge in [0.25, 0.3) is 11.5 Å². The van der Waals surface area contributed by atoms with E-state index in [1.165, 1.54) is 81.4 Å². The minimum Gasteiger partial charge on any atom is -0.495 e. The fourth-order valence-corrected chi connectivity index (χ4v) is 8.03. The van der Waals surface area contributed by atoms with Gasteiger partial charge in [0.05, 0.1) is 30.3 Å². The zero-order chi connectivity index (χ0) is 43.3. The molecule has 60 heavy (non-hydrogen) atoms. The largest absolute Gasteiger partial charge is 0.495 e. The third-order valence-corrected chi connectivity index (χ3v) is 12.8. The molecular formula is C51H71N3O6. The Balaban J connectivity index is 1.29. The Kier molecular flexibility index (Phi) is 16.8. The number of aromatic nitrogens is 2. The summed E-state index contributed by atoms with van der Waals surface area (Å²) < 4.78 is 19.4. The molecule has 0 spiro atoms. The molecule has 1 aliphatic rings. The number of nitrogens with zero attached hydrogens (tertiary/aromatic N) is 3. The maximum Gasteiger partial charge on any atom is 0.422 e. The van der Waals surface area contributed by atoms with Crippen LogP contribution in [-0.4, -0.2) is 35.3 Å². The normalized spacial score (nSPS) is 14.6. The lowest BCUT2D eigenvalue weighted by atomic mass is 9.76. The van der Waals surface area contributed by atoms with Gasteiger partial charge < -0.3 is 14.2 Å². The molecule has 9 nitrogen and oxygen atoms in total. The number of methoxy groups -OCH3 is 1. The minimum atomic E-state index is -1.41. The molecule has 2 amide bonds. The molecule has 0 aliphatic carbocycles. The van der Waals surface area contributed by atoms with Crippen LogP contribution < -0.4 is 19.9 Å². The molecule has 0 saturated carbocycles. The van der Waals surface area contributed by atoms with Crippen LogP contribution >= 0.6 is 0 Å². The van der Waals surface area contributed by atoms with Crippen LogP contribution in [0.2, 0.25) is 0 Å². The predicted molar refractivity (Wildman–Crippen MR) is 244 cm³/mol. The number of hydrogen-bond donors (Lipinski definition) is 0. The predicted octanol–water partition coefficient (Wildman–Crippen LogP) is 12.7. The number of ether oxygens (including phenoxy) is 3. The van der Waals surface area contributed by atoms with Crippen molar-refractivity contribution in [3.8, 4) is 11.5 Å². The molecule has 0 bridgehead atoms. The maximum atomic E-state index is 14.3. The van der Waals surface area contributed by atoms with Crippen molar-refractivity contribution in [3.05, 3.63) is 93.5 Å². The Labute approximate surface area is 359 Å². The highest BCUT2D eigenvalue weighted by molar-refractivity contribution is 6.19. The Morgan fingerprint density at radius 3 is 2.00 bits per heavy atom. The van der Waals surface area contributed by atoms with Gasteiger partial charge in [-0.3, -0.25) is 14.2 Å². The van der Waals surface area contributed by atoms with Gasteiger partial charge in [-0.05, 0) is 84.4 Å². The highest BCUT2D eigenvalue weighted by Crippen LogP contribution is 2.40. The van der Waals surface area contributed by atoms with Crippen LogP contribution in [-0.2, 0) is 33.3 Å². The number of carbonyl (C=O) groups excluding carboxylic acids is 2. The van der Waals surface area contributed by atoms with Gasteiger partial charge in [-0.2, -0.15) is 0 Å². The van der Waals surface area contributed by atoms with Crippen molar-refractivity contribution < 1.29 is 23.8 Å². The van der Waals surface area contributed by atoms with Crippen molar-refractivity contribution in [1.82, 2.24) is 9.55 Å². The SMILES string of the molecule is CCCCCCCCCCCCCCc1ccc(OC)c(N2C(=O)OC(c3nc4ccccc4c(=O)n3CCCOc3ccc(C(C)(C)CC)cc3C(C)(C)CC)C2=O)c1. The van der Waals surface area contributed by atoms with E-state index in [9.17, 15) is 14.4 Å². The van der Waals surface area contributed by atoms with Crippen molar-refractivity contribution in [2.75, 3.05) is 18.6 Å². The van der Waals surface area contributed by atoms with Crippen LogP contribution in [0.3, 0.4) is 0 Å². The quantitative estimate of drug-likeness (QED) is 0.0614. The number of para-hydroxylation sites is 1. The number of rotatable bonds is 25. The number of carbonyl (C=O) groups is 2. The summed E-state index contributed by atoms with van der Waals surface area (Å²) in [6.07, 6.45) is 16.3. The summed E-state index contributed by atoms with van der Waals surface area (Å²) in [4.78, 5) is 47.9. The van der Waals surface area contributed by atoms with Gasteiger partial charge in [0.15, 0.2) is 5.82 Å². The van der Waals surface area contributed by atoms with Crippen molar-refractivity contribution in [2.24, 2.45) is 0 Å². The smallest absolute Gasteiger partial charge is 0.422 e. The fraction of sp³-hybridized carbons (Fsp3) is 0.569. The third-order valence-electron chi connectivity index (χ3n) is 12.8. The van der Waals surface area contributed by atoms with E-state index in [0.717, 1.165) is 53.9 Å². The van der Waals surface area contributed by atoms with Crippen LogP contribution in [0.25, 0.3) is 10.9 Å². The van der Waals surface area contributed by atoms with E-state index in [2.05, 4.69) is 66.7 Å². The first-order valence-corrected chi connectivity index (χ1v) is 22.9. The Morgan fingerprint density at radius 2 is 1.35 bits per heavy atom. The molecule has 1 aromatic heterocycles. The summed E-state index contributed by atoms with van der Waals surface area (Å²) in [6.45, 7) is 16.2. The van der Waals surface area contributed by atoms with E-state index in [4.69, 9.17) is 19.2 Å². The molecule has 1 atom stereocenters. The number of hydrogen-bond acceptors (Lipinski definition) is 7. The number of cyclic esters (lactones) is 1. The molecule has 1 aliphatic heterocycles. The second-order valence-corrected chi connectivity index (χ2v) is 17.9. The molecule has 1 unspecified atom stereocenters. The van der Waals surface area contributed by atoms with Crippen LogP contribution in [0, 0.1) is 0 Å². The van der Waals surface area contributed by atoms with E-state index in [0.29, 0.717) is 35.4 Å². The first-order valence-electron chi connectivity index (χ1n) is 22.9. The average Bonchev–Trinajstić information content (AvgIpc) is 3.55. The number of amides is 2. The van der Waals surface area contributed by atoms with Gasteiger partial charge in [0.1, 0.15) is 11.5 Å². The second-order valence-electron chi connectivity index (χ2n) is 17.9. The number of imide groups is 1. The Morgan fingerprint density at radius 1 is 0.717 bits per heavy atom. The summed E-state index contributed by atoms with van der Waals surface area (Å²) in [5, 5.41) is 0.420. The third kappa shape index (κ3) is 11.4. The molecule has 1 saturated heterocycles. The Bertz CT molecular complexity index is 2100. The summed E-state index contributed by atoms with van der Waals surface area (Å²) >= 11 is 0. The monoisotopic (exact) mass is 822 g/mol. The van der Waals surface area contributed by atoms with E-state index in [1.807, 2.05) is 12.1 Å². The number of anilines is 1. The molecule has 9 heteroatoms. The lowest BCUT2D eigenvalue weighted by Crippen LogP contribution is -2.33. The molecule has 3 aromatic carbocycles. The van der Waals surface area contributed by atoms with Gasteiger partial charge in [0, 0.05) is 12.1 Å². The first kappa shape index (κ1) is 46.4. The molecule has 0 N–H and O–H groups in total. The second kappa shape index (κ2) is 21.7. The van der Waals surface area contributed by atoms with E-state index in [1.54, 1.807) is 30.3 Å². The molecule has 326 valence electrons. The lowest BCUT2D eigenvalue weighted by Gasteiger charge is -2.30. The highest BCUT2D eigenvalue weighted by Gasteiger charge is 2.46. The van der Waals surface area contributed by atoms with E-state index in [-0.39, 0.29) is 28.8 Å². The number of benzene rings is 3. The van der Waals surface area contributed by atoms with Gasteiger partial charge >= 0.3 is 6.09 Å². The average molecular weight is 822 g/mol. The van der Waals surface area contributed by atoms with Crippen LogP contribution in [0.15, 0.2) is 65.5 Å². The lowest BCUT2D eigenvalue weighted by molar-refractivity contribution is -0.122. The highest BCUT2D eigenvalue weighted by atomic mass is 16.6. The van der Waals surface area contributed by atoms with Crippen molar-refractivity contribution in [3.63, 3.8) is 0 Å². The molecule has 0 radical (unpaired) electrons. The van der Waals surface area contributed by atoms with Gasteiger partial charge in [-0.15, -0.1) is 0 Å². The Hall–Kier alpha value is -4.66.